The molecule has 18 heavy (non-hydrogen) atoms. The number of thiazole rings is 1. The first kappa shape index (κ1) is 12.4. The molecule has 3 rings (SSSR count). The lowest BCUT2D eigenvalue weighted by Crippen LogP contribution is -2.26. The van der Waals surface area contributed by atoms with E-state index in [1.54, 1.807) is 0 Å². The first-order chi connectivity index (χ1) is 8.86. The minimum atomic E-state index is 0.773. The summed E-state index contributed by atoms with van der Waals surface area (Å²) >= 11 is 1.82. The Hall–Kier alpha value is -0.610. The van der Waals surface area contributed by atoms with Crippen LogP contribution in [-0.2, 0) is 6.54 Å². The van der Waals surface area contributed by atoms with Crippen LogP contribution in [0.25, 0.3) is 0 Å². The fourth-order valence-electron chi connectivity index (χ4n) is 2.19. The van der Waals surface area contributed by atoms with Crippen molar-refractivity contribution in [2.24, 2.45) is 0 Å². The summed E-state index contributed by atoms with van der Waals surface area (Å²) in [5.74, 6) is 0. The molecule has 2 fully saturated rings. The molecular formula is C14H23N3S. The van der Waals surface area contributed by atoms with E-state index >= 15 is 0 Å². The van der Waals surface area contributed by atoms with E-state index in [0.717, 1.165) is 18.6 Å². The summed E-state index contributed by atoms with van der Waals surface area (Å²) in [4.78, 5) is 7.34. The van der Waals surface area contributed by atoms with Gasteiger partial charge in [0.05, 0.1) is 5.69 Å². The maximum absolute atomic E-state index is 4.81. The van der Waals surface area contributed by atoms with Gasteiger partial charge in [-0.3, -0.25) is 0 Å². The van der Waals surface area contributed by atoms with Crippen LogP contribution in [-0.4, -0.2) is 23.6 Å². The van der Waals surface area contributed by atoms with Gasteiger partial charge in [0, 0.05) is 30.6 Å². The summed E-state index contributed by atoms with van der Waals surface area (Å²) in [5.41, 5.74) is 1.23. The van der Waals surface area contributed by atoms with Crippen molar-refractivity contribution in [3.8, 4) is 0 Å². The lowest BCUT2D eigenvalue weighted by atomic mass is 10.3. The van der Waals surface area contributed by atoms with Crippen molar-refractivity contribution in [3.63, 3.8) is 0 Å². The molecule has 1 N–H and O–H groups in total. The highest BCUT2D eigenvalue weighted by Crippen LogP contribution is 2.33. The second kappa shape index (κ2) is 5.57. The number of nitrogens with one attached hydrogen (secondary N) is 1. The van der Waals surface area contributed by atoms with E-state index in [2.05, 4.69) is 22.5 Å². The third kappa shape index (κ3) is 3.23. The molecule has 0 bridgehead atoms. The van der Waals surface area contributed by atoms with Crippen LogP contribution >= 0.6 is 11.3 Å². The summed E-state index contributed by atoms with van der Waals surface area (Å²) in [5, 5.41) is 7.02. The highest BCUT2D eigenvalue weighted by Gasteiger charge is 2.30. The molecule has 100 valence electrons. The van der Waals surface area contributed by atoms with Gasteiger partial charge in [-0.1, -0.05) is 13.3 Å². The first-order valence-corrected chi connectivity index (χ1v) is 8.19. The normalized spacial score (nSPS) is 19.2. The van der Waals surface area contributed by atoms with Gasteiger partial charge < -0.3 is 10.2 Å². The molecule has 0 aromatic carbocycles. The molecule has 1 aromatic heterocycles. The third-order valence-electron chi connectivity index (χ3n) is 3.67. The maximum atomic E-state index is 4.81. The van der Waals surface area contributed by atoms with E-state index < -0.39 is 0 Å². The topological polar surface area (TPSA) is 28.2 Å². The monoisotopic (exact) mass is 265 g/mol. The number of hydrogen-bond acceptors (Lipinski definition) is 4. The molecule has 0 radical (unpaired) electrons. The minimum Gasteiger partial charge on any atom is -0.345 e. The van der Waals surface area contributed by atoms with Gasteiger partial charge in [0.2, 0.25) is 0 Å². The van der Waals surface area contributed by atoms with Crippen LogP contribution in [0.15, 0.2) is 5.38 Å². The summed E-state index contributed by atoms with van der Waals surface area (Å²) in [7, 11) is 0. The summed E-state index contributed by atoms with van der Waals surface area (Å²) in [6, 6.07) is 1.56. The van der Waals surface area contributed by atoms with E-state index in [9.17, 15) is 0 Å². The molecule has 0 atom stereocenters. The average molecular weight is 265 g/mol. The fraction of sp³-hybridized carbons (Fsp3) is 0.786. The Bertz CT molecular complexity index is 382. The Kier molecular flexibility index (Phi) is 3.85. The van der Waals surface area contributed by atoms with Crippen LogP contribution in [0.5, 0.6) is 0 Å². The summed E-state index contributed by atoms with van der Waals surface area (Å²) in [6.07, 6.45) is 7.97. The van der Waals surface area contributed by atoms with Gasteiger partial charge in [0.25, 0.3) is 0 Å². The van der Waals surface area contributed by atoms with Crippen molar-refractivity contribution in [2.75, 3.05) is 11.4 Å². The van der Waals surface area contributed by atoms with Gasteiger partial charge in [0.15, 0.2) is 5.13 Å². The zero-order valence-electron chi connectivity index (χ0n) is 11.2. The van der Waals surface area contributed by atoms with Crippen molar-refractivity contribution in [1.82, 2.24) is 10.3 Å². The Morgan fingerprint density at radius 2 is 2.22 bits per heavy atom. The number of anilines is 1. The third-order valence-corrected chi connectivity index (χ3v) is 4.60. The van der Waals surface area contributed by atoms with Crippen LogP contribution in [0, 0.1) is 0 Å². The SMILES string of the molecule is CCCCN(c1nc(CNC2CC2)cs1)C1CC1. The van der Waals surface area contributed by atoms with Gasteiger partial charge in [-0.05, 0) is 32.1 Å². The number of aromatic nitrogens is 1. The van der Waals surface area contributed by atoms with Crippen LogP contribution < -0.4 is 10.2 Å². The van der Waals surface area contributed by atoms with Crippen LogP contribution in [0.4, 0.5) is 5.13 Å². The van der Waals surface area contributed by atoms with Crippen molar-refractivity contribution >= 4 is 16.5 Å². The molecule has 2 aliphatic carbocycles. The van der Waals surface area contributed by atoms with Crippen molar-refractivity contribution in [2.45, 2.75) is 64.1 Å². The predicted molar refractivity (Wildman–Crippen MR) is 77.3 cm³/mol. The zero-order valence-corrected chi connectivity index (χ0v) is 12.0. The molecule has 0 unspecified atom stereocenters. The Morgan fingerprint density at radius 1 is 1.39 bits per heavy atom. The summed E-state index contributed by atoms with van der Waals surface area (Å²) < 4.78 is 0. The van der Waals surface area contributed by atoms with Gasteiger partial charge in [-0.2, -0.15) is 0 Å². The van der Waals surface area contributed by atoms with Gasteiger partial charge in [0.1, 0.15) is 0 Å². The molecule has 1 heterocycles. The second-order valence-electron chi connectivity index (χ2n) is 5.55. The number of hydrogen-bond donors (Lipinski definition) is 1. The standard InChI is InChI=1S/C14H23N3S/c1-2-3-8-17(13-6-7-13)14-16-12(10-18-14)9-15-11-4-5-11/h10-11,13,15H,2-9H2,1H3. The number of unbranched alkanes of at least 4 members (excludes halogenated alkanes) is 1. The highest BCUT2D eigenvalue weighted by molar-refractivity contribution is 7.13. The zero-order chi connectivity index (χ0) is 12.4. The predicted octanol–water partition coefficient (Wildman–Crippen LogP) is 3.16. The average Bonchev–Trinajstić information content (AvgIpc) is 3.28. The lowest BCUT2D eigenvalue weighted by molar-refractivity contribution is 0.672. The molecule has 0 spiro atoms. The van der Waals surface area contributed by atoms with Crippen LogP contribution in [0.2, 0.25) is 0 Å². The number of nitrogens with zero attached hydrogens (tertiary/aromatic N) is 2. The van der Waals surface area contributed by atoms with Gasteiger partial charge in [-0.15, -0.1) is 11.3 Å². The molecule has 3 nitrogen and oxygen atoms in total. The van der Waals surface area contributed by atoms with E-state index in [4.69, 9.17) is 4.98 Å². The van der Waals surface area contributed by atoms with E-state index in [0.29, 0.717) is 0 Å². The molecule has 1 aromatic rings. The Balaban J connectivity index is 1.57. The Morgan fingerprint density at radius 3 is 2.89 bits per heavy atom. The fourth-order valence-corrected chi connectivity index (χ4v) is 3.12. The molecular weight excluding hydrogens is 242 g/mol. The van der Waals surface area contributed by atoms with E-state index in [1.807, 2.05) is 11.3 Å². The molecule has 2 aliphatic rings. The number of rotatable bonds is 8. The van der Waals surface area contributed by atoms with Gasteiger partial charge in [-0.25, -0.2) is 4.98 Å². The van der Waals surface area contributed by atoms with E-state index in [1.165, 1.54) is 55.9 Å². The molecule has 0 saturated heterocycles. The molecule has 0 aliphatic heterocycles. The molecule has 0 amide bonds. The second-order valence-corrected chi connectivity index (χ2v) is 6.39. The Labute approximate surface area is 114 Å². The van der Waals surface area contributed by atoms with Crippen molar-refractivity contribution in [3.05, 3.63) is 11.1 Å². The molecule has 2 saturated carbocycles. The summed E-state index contributed by atoms with van der Waals surface area (Å²) in [6.45, 7) is 4.40. The smallest absolute Gasteiger partial charge is 0.185 e. The molecule has 4 heteroatoms. The van der Waals surface area contributed by atoms with Gasteiger partial charge >= 0.3 is 0 Å². The van der Waals surface area contributed by atoms with Crippen LogP contribution in [0.3, 0.4) is 0 Å². The van der Waals surface area contributed by atoms with Crippen LogP contribution in [0.1, 0.15) is 51.1 Å². The van der Waals surface area contributed by atoms with Crippen molar-refractivity contribution in [1.29, 1.82) is 0 Å². The maximum Gasteiger partial charge on any atom is 0.185 e. The quantitative estimate of drug-likeness (QED) is 0.782. The van der Waals surface area contributed by atoms with Crippen molar-refractivity contribution < 1.29 is 0 Å². The first-order valence-electron chi connectivity index (χ1n) is 7.31. The highest BCUT2D eigenvalue weighted by atomic mass is 32.1. The minimum absolute atomic E-state index is 0.773. The largest absolute Gasteiger partial charge is 0.345 e. The lowest BCUT2D eigenvalue weighted by Gasteiger charge is -2.20. The van der Waals surface area contributed by atoms with E-state index in [-0.39, 0.29) is 0 Å².